The van der Waals surface area contributed by atoms with Gasteiger partial charge in [0, 0.05) is 12.6 Å². The Labute approximate surface area is 166 Å². The van der Waals surface area contributed by atoms with Crippen LogP contribution >= 0.6 is 0 Å². The second-order valence-corrected chi connectivity index (χ2v) is 11.2. The smallest absolute Gasteiger partial charge is 0.325 e. The second kappa shape index (κ2) is 7.65. The van der Waals surface area contributed by atoms with E-state index in [-0.39, 0.29) is 47.7 Å². The molecule has 3 atom stereocenters. The molecule has 158 valence electrons. The average Bonchev–Trinajstić information content (AvgIpc) is 3.08. The van der Waals surface area contributed by atoms with Crippen LogP contribution in [0.4, 0.5) is 4.79 Å². The van der Waals surface area contributed by atoms with Gasteiger partial charge >= 0.3 is 6.03 Å². The third kappa shape index (κ3) is 3.90. The van der Waals surface area contributed by atoms with Gasteiger partial charge in [0.25, 0.3) is 5.91 Å². The maximum absolute atomic E-state index is 13.1. The predicted octanol–water partition coefficient (Wildman–Crippen LogP) is 1.16. The van der Waals surface area contributed by atoms with Gasteiger partial charge in [-0.15, -0.1) is 0 Å². The predicted molar refractivity (Wildman–Crippen MR) is 104 cm³/mol. The van der Waals surface area contributed by atoms with Gasteiger partial charge in [-0.2, -0.15) is 0 Å². The number of nitrogens with one attached hydrogen (secondary N) is 1. The molecule has 0 radical (unpaired) electrons. The van der Waals surface area contributed by atoms with E-state index in [9.17, 15) is 22.8 Å². The number of urea groups is 1. The normalized spacial score (nSPS) is 32.2. The molecule has 4 amide bonds. The first-order valence-electron chi connectivity index (χ1n) is 10.2. The number of hydrogen-bond donors (Lipinski definition) is 1. The number of sulfone groups is 1. The maximum atomic E-state index is 13.1. The molecule has 0 unspecified atom stereocenters. The summed E-state index contributed by atoms with van der Waals surface area (Å²) in [4.78, 5) is 41.2. The topological polar surface area (TPSA) is 104 Å². The van der Waals surface area contributed by atoms with E-state index in [4.69, 9.17) is 0 Å². The lowest BCUT2D eigenvalue weighted by atomic mass is 9.73. The first-order valence-corrected chi connectivity index (χ1v) is 12.0. The van der Waals surface area contributed by atoms with Crippen molar-refractivity contribution >= 4 is 27.7 Å². The quantitative estimate of drug-likeness (QED) is 0.681. The molecular weight excluding hydrogens is 382 g/mol. The van der Waals surface area contributed by atoms with Crippen LogP contribution in [0.5, 0.6) is 0 Å². The van der Waals surface area contributed by atoms with E-state index >= 15 is 0 Å². The summed E-state index contributed by atoms with van der Waals surface area (Å²) in [5.41, 5.74) is -0.894. The molecular formula is C19H31N3O5S. The van der Waals surface area contributed by atoms with Crippen LogP contribution < -0.4 is 5.32 Å². The lowest BCUT2D eigenvalue weighted by Crippen LogP contribution is -2.54. The molecule has 1 spiro atoms. The molecule has 2 aliphatic heterocycles. The van der Waals surface area contributed by atoms with Crippen molar-refractivity contribution in [2.75, 3.05) is 24.6 Å². The Kier molecular flexibility index (Phi) is 5.76. The van der Waals surface area contributed by atoms with Crippen molar-refractivity contribution in [3.05, 3.63) is 0 Å². The Hall–Kier alpha value is -1.64. The van der Waals surface area contributed by atoms with Crippen molar-refractivity contribution in [3.8, 4) is 0 Å². The monoisotopic (exact) mass is 413 g/mol. The van der Waals surface area contributed by atoms with E-state index in [1.165, 1.54) is 0 Å². The number of amides is 4. The summed E-state index contributed by atoms with van der Waals surface area (Å²) in [5.74, 6) is -0.471. The highest BCUT2D eigenvalue weighted by molar-refractivity contribution is 7.91. The van der Waals surface area contributed by atoms with Gasteiger partial charge in [0.2, 0.25) is 5.91 Å². The van der Waals surface area contributed by atoms with Crippen molar-refractivity contribution in [3.63, 3.8) is 0 Å². The van der Waals surface area contributed by atoms with Crippen LogP contribution in [0.2, 0.25) is 0 Å². The summed E-state index contributed by atoms with van der Waals surface area (Å²) in [6.07, 6.45) is 3.77. The summed E-state index contributed by atoms with van der Waals surface area (Å²) in [6, 6.07) is -0.904. The van der Waals surface area contributed by atoms with Gasteiger partial charge in [-0.25, -0.2) is 13.2 Å². The molecule has 28 heavy (non-hydrogen) atoms. The largest absolute Gasteiger partial charge is 0.337 e. The lowest BCUT2D eigenvalue weighted by molar-refractivity contribution is -0.141. The summed E-state index contributed by atoms with van der Waals surface area (Å²) in [5, 5.41) is 2.86. The van der Waals surface area contributed by atoms with Crippen LogP contribution in [0.3, 0.4) is 0 Å². The first kappa shape index (κ1) is 21.1. The summed E-state index contributed by atoms with van der Waals surface area (Å²) in [7, 11) is -3.14. The maximum Gasteiger partial charge on any atom is 0.325 e. The van der Waals surface area contributed by atoms with E-state index in [1.807, 2.05) is 20.8 Å². The van der Waals surface area contributed by atoms with E-state index in [0.717, 1.165) is 24.2 Å². The lowest BCUT2D eigenvalue weighted by Gasteiger charge is -2.37. The number of rotatable bonds is 5. The molecule has 0 aromatic carbocycles. The highest BCUT2D eigenvalue weighted by atomic mass is 32.2. The van der Waals surface area contributed by atoms with E-state index in [2.05, 4.69) is 5.32 Å². The molecule has 3 rings (SSSR count). The van der Waals surface area contributed by atoms with Crippen molar-refractivity contribution in [1.29, 1.82) is 0 Å². The van der Waals surface area contributed by atoms with Crippen LogP contribution in [0.1, 0.15) is 52.9 Å². The molecule has 0 aromatic heterocycles. The minimum absolute atomic E-state index is 0.0320. The number of carbonyl (C=O) groups excluding carboxylic acids is 3. The number of nitrogens with zero attached hydrogens (tertiary/aromatic N) is 2. The van der Waals surface area contributed by atoms with E-state index in [1.54, 1.807) is 4.90 Å². The van der Waals surface area contributed by atoms with Gasteiger partial charge in [-0.05, 0) is 31.1 Å². The van der Waals surface area contributed by atoms with Crippen molar-refractivity contribution in [1.82, 2.24) is 15.1 Å². The van der Waals surface area contributed by atoms with Gasteiger partial charge in [0.15, 0.2) is 9.84 Å². The molecule has 0 aromatic rings. The molecule has 9 heteroatoms. The molecule has 8 nitrogen and oxygen atoms in total. The molecule has 2 saturated heterocycles. The summed E-state index contributed by atoms with van der Waals surface area (Å²) >= 11 is 0. The van der Waals surface area contributed by atoms with E-state index < -0.39 is 21.4 Å². The minimum atomic E-state index is -3.14. The van der Waals surface area contributed by atoms with Crippen LogP contribution in [-0.4, -0.2) is 72.2 Å². The third-order valence-corrected chi connectivity index (χ3v) is 8.08. The number of carbonyl (C=O) groups is 3. The summed E-state index contributed by atoms with van der Waals surface area (Å²) < 4.78 is 23.7. The Morgan fingerprint density at radius 1 is 1.29 bits per heavy atom. The highest BCUT2D eigenvalue weighted by Crippen LogP contribution is 2.38. The van der Waals surface area contributed by atoms with Gasteiger partial charge in [0.1, 0.15) is 12.1 Å². The highest BCUT2D eigenvalue weighted by Gasteiger charge is 2.55. The van der Waals surface area contributed by atoms with Crippen LogP contribution in [0.15, 0.2) is 0 Å². The minimum Gasteiger partial charge on any atom is -0.337 e. The number of hydrogen-bond acceptors (Lipinski definition) is 5. The fourth-order valence-electron chi connectivity index (χ4n) is 4.73. The Morgan fingerprint density at radius 2 is 2.00 bits per heavy atom. The van der Waals surface area contributed by atoms with Crippen molar-refractivity contribution < 1.29 is 22.8 Å². The Morgan fingerprint density at radius 3 is 2.57 bits per heavy atom. The fourth-order valence-corrected chi connectivity index (χ4v) is 6.46. The molecule has 0 bridgehead atoms. The Balaban J connectivity index is 1.76. The SMILES string of the molecule is CC(C)CN(C(=O)CN1C(=O)N[C@]2(CCCC[C@H]2C)C1=O)[C@H]1CCS(=O)(=O)C1. The van der Waals surface area contributed by atoms with Crippen molar-refractivity contribution in [2.24, 2.45) is 11.8 Å². The molecule has 1 saturated carbocycles. The first-order chi connectivity index (χ1) is 13.1. The third-order valence-electron chi connectivity index (χ3n) is 6.33. The molecule has 3 aliphatic rings. The van der Waals surface area contributed by atoms with E-state index in [0.29, 0.717) is 19.4 Å². The van der Waals surface area contributed by atoms with Gasteiger partial charge in [-0.1, -0.05) is 33.6 Å². The van der Waals surface area contributed by atoms with Crippen LogP contribution in [-0.2, 0) is 19.4 Å². The second-order valence-electron chi connectivity index (χ2n) is 8.94. The summed E-state index contributed by atoms with van der Waals surface area (Å²) in [6.45, 7) is 5.95. The zero-order valence-corrected chi connectivity index (χ0v) is 17.8. The van der Waals surface area contributed by atoms with Crippen LogP contribution in [0, 0.1) is 11.8 Å². The molecule has 1 N–H and O–H groups in total. The Bertz CT molecular complexity index is 766. The van der Waals surface area contributed by atoms with Gasteiger partial charge in [0.05, 0.1) is 11.5 Å². The zero-order valence-electron chi connectivity index (χ0n) is 16.9. The average molecular weight is 414 g/mol. The number of imide groups is 1. The van der Waals surface area contributed by atoms with Crippen LogP contribution in [0.25, 0.3) is 0 Å². The van der Waals surface area contributed by atoms with Gasteiger partial charge in [-0.3, -0.25) is 14.5 Å². The van der Waals surface area contributed by atoms with Gasteiger partial charge < -0.3 is 10.2 Å². The molecule has 1 aliphatic carbocycles. The fraction of sp³-hybridized carbons (Fsp3) is 0.842. The zero-order chi connectivity index (χ0) is 20.7. The molecule has 2 heterocycles. The van der Waals surface area contributed by atoms with Crippen molar-refractivity contribution in [2.45, 2.75) is 64.5 Å². The molecule has 3 fully saturated rings. The standard InChI is InChI=1S/C19H31N3O5S/c1-13(2)10-21(15-7-9-28(26,27)12-15)16(23)11-22-17(24)19(20-18(22)25)8-5-4-6-14(19)3/h13-15H,4-12H2,1-3H3,(H,20,25)/t14-,15+,19+/m1/s1.